The van der Waals surface area contributed by atoms with Crippen LogP contribution in [0.4, 0.5) is 17.2 Å². The van der Waals surface area contributed by atoms with E-state index in [9.17, 15) is 0 Å². The van der Waals surface area contributed by atoms with Crippen LogP contribution < -0.4 is 11.1 Å². The molecule has 1 aliphatic rings. The maximum atomic E-state index is 5.90. The Morgan fingerprint density at radius 3 is 2.80 bits per heavy atom. The number of imidazole rings is 1. The van der Waals surface area contributed by atoms with E-state index in [0.29, 0.717) is 11.0 Å². The number of nitrogens with zero attached hydrogens (tertiary/aromatic N) is 4. The number of ether oxygens (including phenoxy) is 1. The Bertz CT molecular complexity index is 873. The smallest absolute Gasteiger partial charge is 0.191 e. The van der Waals surface area contributed by atoms with Gasteiger partial charge in [-0.25, -0.2) is 15.0 Å². The number of nitrogens with two attached hydrogens (primary N) is 1. The summed E-state index contributed by atoms with van der Waals surface area (Å²) < 4.78 is 7.91. The van der Waals surface area contributed by atoms with Crippen molar-refractivity contribution in [2.24, 2.45) is 0 Å². The van der Waals surface area contributed by atoms with Crippen molar-refractivity contribution < 1.29 is 4.74 Å². The van der Waals surface area contributed by atoms with Crippen molar-refractivity contribution in [1.82, 2.24) is 19.5 Å². The van der Waals surface area contributed by atoms with Gasteiger partial charge < -0.3 is 15.8 Å². The summed E-state index contributed by atoms with van der Waals surface area (Å²) >= 11 is 1.51. The average molecular weight is 356 g/mol. The number of thioether (sulfide) groups is 1. The van der Waals surface area contributed by atoms with Gasteiger partial charge in [0.1, 0.15) is 6.23 Å². The zero-order chi connectivity index (χ0) is 17.2. The molecule has 3 heterocycles. The predicted octanol–water partition coefficient (Wildman–Crippen LogP) is 3.57. The summed E-state index contributed by atoms with van der Waals surface area (Å²) in [6, 6.07) is 7.54. The van der Waals surface area contributed by atoms with E-state index < -0.39 is 0 Å². The number of anilines is 3. The summed E-state index contributed by atoms with van der Waals surface area (Å²) in [5.74, 6) is 0.689. The van der Waals surface area contributed by atoms with Crippen molar-refractivity contribution in [2.75, 3.05) is 23.9 Å². The number of hydrogen-bond donors (Lipinski definition) is 2. The molecule has 1 atom stereocenters. The maximum absolute atomic E-state index is 5.90. The lowest BCUT2D eigenvalue weighted by Crippen LogP contribution is -2.17. The molecule has 1 aromatic carbocycles. The van der Waals surface area contributed by atoms with E-state index in [0.717, 1.165) is 48.4 Å². The minimum absolute atomic E-state index is 0.00673. The fourth-order valence-electron chi connectivity index (χ4n) is 2.93. The SMILES string of the molecule is CSc1nc(Nc2ccc(N)cc2)c2ncn(C3CCCCO3)c2n1. The first-order chi connectivity index (χ1) is 12.2. The quantitative estimate of drug-likeness (QED) is 0.419. The highest BCUT2D eigenvalue weighted by molar-refractivity contribution is 7.98. The van der Waals surface area contributed by atoms with Gasteiger partial charge in [-0.2, -0.15) is 0 Å². The minimum atomic E-state index is -0.00673. The van der Waals surface area contributed by atoms with Crippen LogP contribution >= 0.6 is 11.8 Å². The third-order valence-electron chi connectivity index (χ3n) is 4.22. The first-order valence-corrected chi connectivity index (χ1v) is 9.50. The molecule has 0 saturated carbocycles. The maximum Gasteiger partial charge on any atom is 0.191 e. The van der Waals surface area contributed by atoms with Crippen molar-refractivity contribution in [3.8, 4) is 0 Å². The number of nitrogens with one attached hydrogen (secondary N) is 1. The summed E-state index contributed by atoms with van der Waals surface area (Å²) in [6.07, 6.45) is 7.00. The van der Waals surface area contributed by atoms with Crippen LogP contribution in [0.25, 0.3) is 11.2 Å². The Balaban J connectivity index is 1.75. The summed E-state index contributed by atoms with van der Waals surface area (Å²) in [6.45, 7) is 0.779. The van der Waals surface area contributed by atoms with Crippen LogP contribution in [0, 0.1) is 0 Å². The van der Waals surface area contributed by atoms with Crippen LogP contribution in [-0.2, 0) is 4.74 Å². The summed E-state index contributed by atoms with van der Waals surface area (Å²) in [7, 11) is 0. The Labute approximate surface area is 150 Å². The van der Waals surface area contributed by atoms with Gasteiger partial charge in [-0.3, -0.25) is 4.57 Å². The molecular weight excluding hydrogens is 336 g/mol. The Hall–Kier alpha value is -2.32. The van der Waals surface area contributed by atoms with Gasteiger partial charge in [0.25, 0.3) is 0 Å². The van der Waals surface area contributed by atoms with Gasteiger partial charge in [-0.15, -0.1) is 0 Å². The molecule has 4 rings (SSSR count). The average Bonchev–Trinajstić information content (AvgIpc) is 3.08. The lowest BCUT2D eigenvalue weighted by Gasteiger charge is -2.23. The molecule has 0 aliphatic carbocycles. The molecule has 130 valence electrons. The first kappa shape index (κ1) is 16.2. The van der Waals surface area contributed by atoms with Crippen molar-refractivity contribution in [1.29, 1.82) is 0 Å². The second-order valence-electron chi connectivity index (χ2n) is 5.95. The summed E-state index contributed by atoms with van der Waals surface area (Å²) in [5.41, 5.74) is 8.92. The third-order valence-corrected chi connectivity index (χ3v) is 4.77. The number of benzene rings is 1. The van der Waals surface area contributed by atoms with Crippen molar-refractivity contribution in [3.63, 3.8) is 0 Å². The van der Waals surface area contributed by atoms with Gasteiger partial charge in [-0.05, 0) is 49.8 Å². The Kier molecular flexibility index (Phi) is 4.46. The van der Waals surface area contributed by atoms with Gasteiger partial charge in [0.05, 0.1) is 6.33 Å². The fourth-order valence-corrected chi connectivity index (χ4v) is 3.29. The molecule has 3 aromatic rings. The topological polar surface area (TPSA) is 90.9 Å². The monoisotopic (exact) mass is 356 g/mol. The van der Waals surface area contributed by atoms with Gasteiger partial charge in [-0.1, -0.05) is 11.8 Å². The molecule has 3 N–H and O–H groups in total. The Morgan fingerprint density at radius 1 is 1.24 bits per heavy atom. The van der Waals surface area contributed by atoms with Crippen LogP contribution in [0.1, 0.15) is 25.5 Å². The summed E-state index contributed by atoms with van der Waals surface area (Å²) in [4.78, 5) is 13.8. The third kappa shape index (κ3) is 3.27. The van der Waals surface area contributed by atoms with Gasteiger partial charge in [0, 0.05) is 18.0 Å². The van der Waals surface area contributed by atoms with E-state index >= 15 is 0 Å². The van der Waals surface area contributed by atoms with Gasteiger partial charge >= 0.3 is 0 Å². The normalized spacial score (nSPS) is 17.7. The van der Waals surface area contributed by atoms with Crippen molar-refractivity contribution >= 4 is 40.1 Å². The van der Waals surface area contributed by atoms with E-state index in [4.69, 9.17) is 10.5 Å². The molecule has 0 bridgehead atoms. The molecule has 0 radical (unpaired) electrons. The second kappa shape index (κ2) is 6.89. The molecule has 0 amide bonds. The van der Waals surface area contributed by atoms with Crippen LogP contribution in [0.15, 0.2) is 35.7 Å². The molecule has 1 fully saturated rings. The molecule has 7 nitrogen and oxygen atoms in total. The minimum Gasteiger partial charge on any atom is -0.399 e. The van der Waals surface area contributed by atoms with E-state index in [1.807, 2.05) is 35.1 Å². The molecule has 1 saturated heterocycles. The number of rotatable bonds is 4. The fraction of sp³-hybridized carbons (Fsp3) is 0.353. The largest absolute Gasteiger partial charge is 0.399 e. The molecule has 0 spiro atoms. The molecule has 1 unspecified atom stereocenters. The lowest BCUT2D eigenvalue weighted by molar-refractivity contribution is -0.0298. The zero-order valence-electron chi connectivity index (χ0n) is 14.0. The highest BCUT2D eigenvalue weighted by Gasteiger charge is 2.21. The predicted molar refractivity (Wildman–Crippen MR) is 100 cm³/mol. The van der Waals surface area contributed by atoms with E-state index in [-0.39, 0.29) is 6.23 Å². The number of fused-ring (bicyclic) bond motifs is 1. The van der Waals surface area contributed by atoms with Crippen molar-refractivity contribution in [2.45, 2.75) is 30.6 Å². The molecule has 2 aromatic heterocycles. The molecule has 1 aliphatic heterocycles. The van der Waals surface area contributed by atoms with Gasteiger partial charge in [0.15, 0.2) is 22.1 Å². The van der Waals surface area contributed by atoms with Gasteiger partial charge in [0.2, 0.25) is 0 Å². The van der Waals surface area contributed by atoms with Crippen LogP contribution in [0.5, 0.6) is 0 Å². The molecule has 8 heteroatoms. The van der Waals surface area contributed by atoms with E-state index in [1.165, 1.54) is 11.8 Å². The zero-order valence-corrected chi connectivity index (χ0v) is 14.8. The van der Waals surface area contributed by atoms with Crippen LogP contribution in [-0.4, -0.2) is 32.4 Å². The number of aromatic nitrogens is 4. The van der Waals surface area contributed by atoms with Crippen LogP contribution in [0.2, 0.25) is 0 Å². The number of nitrogen functional groups attached to an aromatic ring is 1. The Morgan fingerprint density at radius 2 is 2.08 bits per heavy atom. The van der Waals surface area contributed by atoms with Crippen LogP contribution in [0.3, 0.4) is 0 Å². The molecular formula is C17H20N6OS. The highest BCUT2D eigenvalue weighted by Crippen LogP contribution is 2.30. The first-order valence-electron chi connectivity index (χ1n) is 8.27. The lowest BCUT2D eigenvalue weighted by atomic mass is 10.2. The number of hydrogen-bond acceptors (Lipinski definition) is 7. The van der Waals surface area contributed by atoms with Crippen molar-refractivity contribution in [3.05, 3.63) is 30.6 Å². The standard InChI is InChI=1S/C17H20N6OS/c1-25-17-21-15(20-12-7-5-11(18)6-8-12)14-16(22-17)23(10-19-14)13-4-2-3-9-24-13/h5-8,10,13H,2-4,9,18H2,1H3,(H,20,21,22). The van der Waals surface area contributed by atoms with E-state index in [1.54, 1.807) is 6.33 Å². The summed E-state index contributed by atoms with van der Waals surface area (Å²) in [5, 5.41) is 4.03. The molecule has 25 heavy (non-hydrogen) atoms. The van der Waals surface area contributed by atoms with E-state index in [2.05, 4.69) is 20.3 Å². The highest BCUT2D eigenvalue weighted by atomic mass is 32.2. The second-order valence-corrected chi connectivity index (χ2v) is 6.72.